The lowest BCUT2D eigenvalue weighted by molar-refractivity contribution is 0.104. The average Bonchev–Trinajstić information content (AvgIpc) is 2.45. The van der Waals surface area contributed by atoms with E-state index in [-0.39, 0.29) is 5.78 Å². The number of benzene rings is 1. The van der Waals surface area contributed by atoms with Crippen LogP contribution in [0.1, 0.15) is 31.1 Å². The molecule has 0 fully saturated rings. The summed E-state index contributed by atoms with van der Waals surface area (Å²) >= 11 is 0. The molecule has 0 amide bonds. The quantitative estimate of drug-likeness (QED) is 0.571. The molecule has 0 unspecified atom stereocenters. The molecule has 0 bridgehead atoms. The molecule has 0 heterocycles. The molecular weight excluding hydrogens is 300 g/mol. The third kappa shape index (κ3) is 4.34. The zero-order valence-corrected chi connectivity index (χ0v) is 14.6. The van der Waals surface area contributed by atoms with Gasteiger partial charge in [0, 0.05) is 38.5 Å². The lowest BCUT2D eigenvalue weighted by Gasteiger charge is -2.25. The SMILES string of the molecule is CCN(c1cccc(C(=O)C=CN(C)C)c1)S(=O)(=O)C(C)C. The molecular formula is C16H24N2O3S. The van der Waals surface area contributed by atoms with Gasteiger partial charge in [-0.2, -0.15) is 0 Å². The third-order valence-electron chi connectivity index (χ3n) is 3.13. The maximum Gasteiger partial charge on any atom is 0.237 e. The molecule has 0 spiro atoms. The first-order valence-corrected chi connectivity index (χ1v) is 8.71. The van der Waals surface area contributed by atoms with Crippen molar-refractivity contribution in [2.75, 3.05) is 24.9 Å². The minimum absolute atomic E-state index is 0.159. The van der Waals surface area contributed by atoms with E-state index in [1.54, 1.807) is 56.1 Å². The Labute approximate surface area is 133 Å². The van der Waals surface area contributed by atoms with Crippen LogP contribution in [-0.2, 0) is 10.0 Å². The molecule has 0 radical (unpaired) electrons. The van der Waals surface area contributed by atoms with Gasteiger partial charge in [0.1, 0.15) is 0 Å². The van der Waals surface area contributed by atoms with Crippen molar-refractivity contribution < 1.29 is 13.2 Å². The molecule has 0 N–H and O–H groups in total. The second-order valence-electron chi connectivity index (χ2n) is 5.45. The molecule has 1 rings (SSSR count). The average molecular weight is 324 g/mol. The van der Waals surface area contributed by atoms with Crippen LogP contribution >= 0.6 is 0 Å². The maximum absolute atomic E-state index is 12.4. The first-order valence-electron chi connectivity index (χ1n) is 7.20. The van der Waals surface area contributed by atoms with Crippen molar-refractivity contribution in [3.05, 3.63) is 42.1 Å². The van der Waals surface area contributed by atoms with Gasteiger partial charge in [0.05, 0.1) is 10.9 Å². The Morgan fingerprint density at radius 2 is 1.91 bits per heavy atom. The summed E-state index contributed by atoms with van der Waals surface area (Å²) in [4.78, 5) is 13.9. The van der Waals surface area contributed by atoms with Crippen molar-refractivity contribution in [3.63, 3.8) is 0 Å². The van der Waals surface area contributed by atoms with E-state index in [1.807, 2.05) is 14.1 Å². The Balaban J connectivity index is 3.18. The van der Waals surface area contributed by atoms with Crippen LogP contribution in [0.15, 0.2) is 36.5 Å². The summed E-state index contributed by atoms with van der Waals surface area (Å²) in [5.41, 5.74) is 0.980. The summed E-state index contributed by atoms with van der Waals surface area (Å²) in [7, 11) is 0.241. The number of ketones is 1. The number of anilines is 1. The lowest BCUT2D eigenvalue weighted by atomic mass is 10.1. The summed E-state index contributed by atoms with van der Waals surface area (Å²) in [6.45, 7) is 5.39. The van der Waals surface area contributed by atoms with E-state index in [2.05, 4.69) is 0 Å². The molecule has 0 saturated carbocycles. The van der Waals surface area contributed by atoms with E-state index in [0.29, 0.717) is 17.8 Å². The Bertz CT molecular complexity index is 649. The van der Waals surface area contributed by atoms with Crippen molar-refractivity contribution in [2.45, 2.75) is 26.0 Å². The molecule has 122 valence electrons. The van der Waals surface area contributed by atoms with Crippen molar-refractivity contribution in [2.24, 2.45) is 0 Å². The zero-order valence-electron chi connectivity index (χ0n) is 13.8. The van der Waals surface area contributed by atoms with Gasteiger partial charge in [0.15, 0.2) is 5.78 Å². The van der Waals surface area contributed by atoms with Crippen molar-refractivity contribution in [1.82, 2.24) is 4.90 Å². The highest BCUT2D eigenvalue weighted by molar-refractivity contribution is 7.93. The van der Waals surface area contributed by atoms with Crippen LogP contribution in [0.5, 0.6) is 0 Å². The van der Waals surface area contributed by atoms with Gasteiger partial charge in [-0.05, 0) is 32.9 Å². The number of nitrogens with zero attached hydrogens (tertiary/aromatic N) is 2. The smallest absolute Gasteiger partial charge is 0.237 e. The Morgan fingerprint density at radius 3 is 2.41 bits per heavy atom. The lowest BCUT2D eigenvalue weighted by Crippen LogP contribution is -2.36. The topological polar surface area (TPSA) is 57.7 Å². The number of rotatable bonds is 7. The number of hydrogen-bond donors (Lipinski definition) is 0. The van der Waals surface area contributed by atoms with Gasteiger partial charge in [0.2, 0.25) is 10.0 Å². The summed E-state index contributed by atoms with van der Waals surface area (Å²) in [6, 6.07) is 6.70. The Hall–Kier alpha value is -1.82. The minimum atomic E-state index is -3.41. The van der Waals surface area contributed by atoms with Crippen molar-refractivity contribution >= 4 is 21.5 Å². The second-order valence-corrected chi connectivity index (χ2v) is 7.87. The number of carbonyl (C=O) groups is 1. The van der Waals surface area contributed by atoms with E-state index in [0.717, 1.165) is 0 Å². The molecule has 0 aromatic heterocycles. The molecule has 1 aromatic rings. The number of sulfonamides is 1. The van der Waals surface area contributed by atoms with E-state index in [1.165, 1.54) is 10.4 Å². The molecule has 0 saturated heterocycles. The molecule has 0 aliphatic heterocycles. The number of hydrogen-bond acceptors (Lipinski definition) is 4. The van der Waals surface area contributed by atoms with Gasteiger partial charge in [-0.25, -0.2) is 8.42 Å². The fourth-order valence-corrected chi connectivity index (χ4v) is 3.17. The van der Waals surface area contributed by atoms with Crippen LogP contribution in [0.3, 0.4) is 0 Å². The molecule has 1 aromatic carbocycles. The van der Waals surface area contributed by atoms with E-state index < -0.39 is 15.3 Å². The van der Waals surface area contributed by atoms with Crippen LogP contribution in [0.25, 0.3) is 0 Å². The normalized spacial score (nSPS) is 11.9. The molecule has 6 heteroatoms. The zero-order chi connectivity index (χ0) is 16.9. The van der Waals surface area contributed by atoms with Crippen LogP contribution in [0.4, 0.5) is 5.69 Å². The van der Waals surface area contributed by atoms with E-state index in [4.69, 9.17) is 0 Å². The molecule has 0 atom stereocenters. The van der Waals surface area contributed by atoms with Crippen LogP contribution < -0.4 is 4.31 Å². The van der Waals surface area contributed by atoms with Crippen molar-refractivity contribution in [1.29, 1.82) is 0 Å². The molecule has 5 nitrogen and oxygen atoms in total. The van der Waals surface area contributed by atoms with Gasteiger partial charge in [-0.1, -0.05) is 12.1 Å². The predicted molar refractivity (Wildman–Crippen MR) is 90.7 cm³/mol. The highest BCUT2D eigenvalue weighted by atomic mass is 32.2. The van der Waals surface area contributed by atoms with Crippen LogP contribution in [0.2, 0.25) is 0 Å². The number of allylic oxidation sites excluding steroid dienone is 1. The largest absolute Gasteiger partial charge is 0.383 e. The maximum atomic E-state index is 12.4. The molecule has 22 heavy (non-hydrogen) atoms. The summed E-state index contributed by atoms with van der Waals surface area (Å²) in [6.07, 6.45) is 3.13. The van der Waals surface area contributed by atoms with Crippen LogP contribution in [0, 0.1) is 0 Å². The second kappa shape index (κ2) is 7.45. The highest BCUT2D eigenvalue weighted by Crippen LogP contribution is 2.22. The van der Waals surface area contributed by atoms with Gasteiger partial charge in [-0.3, -0.25) is 9.10 Å². The van der Waals surface area contributed by atoms with Gasteiger partial charge < -0.3 is 4.90 Å². The first kappa shape index (κ1) is 18.2. The van der Waals surface area contributed by atoms with E-state index >= 15 is 0 Å². The standard InChI is InChI=1S/C16H24N2O3S/c1-6-18(22(20,21)13(2)3)15-9-7-8-14(12-15)16(19)10-11-17(4)5/h7-13H,6H2,1-5H3. The van der Waals surface area contributed by atoms with E-state index in [9.17, 15) is 13.2 Å². The fraction of sp³-hybridized carbons (Fsp3) is 0.438. The highest BCUT2D eigenvalue weighted by Gasteiger charge is 2.25. The Kier molecular flexibility index (Phi) is 6.17. The molecule has 0 aliphatic rings. The van der Waals surface area contributed by atoms with Crippen molar-refractivity contribution in [3.8, 4) is 0 Å². The van der Waals surface area contributed by atoms with Gasteiger partial charge >= 0.3 is 0 Å². The Morgan fingerprint density at radius 1 is 1.27 bits per heavy atom. The summed E-state index contributed by atoms with van der Waals surface area (Å²) < 4.78 is 26.1. The molecule has 0 aliphatic carbocycles. The number of carbonyl (C=O) groups excluding carboxylic acids is 1. The van der Waals surface area contributed by atoms with Gasteiger partial charge in [-0.15, -0.1) is 0 Å². The fourth-order valence-electron chi connectivity index (χ4n) is 1.89. The monoisotopic (exact) mass is 324 g/mol. The minimum Gasteiger partial charge on any atom is -0.383 e. The van der Waals surface area contributed by atoms with Gasteiger partial charge in [0.25, 0.3) is 0 Å². The van der Waals surface area contributed by atoms with Crippen LogP contribution in [-0.4, -0.2) is 45.0 Å². The third-order valence-corrected chi connectivity index (χ3v) is 5.41. The predicted octanol–water partition coefficient (Wildman–Crippen LogP) is 2.51. The first-order chi connectivity index (χ1) is 10.2. The summed E-state index contributed by atoms with van der Waals surface area (Å²) in [5.74, 6) is -0.159. The summed E-state index contributed by atoms with van der Waals surface area (Å²) in [5, 5.41) is -0.513.